The highest BCUT2D eigenvalue weighted by Crippen LogP contribution is 2.12. The molecule has 0 amide bonds. The third kappa shape index (κ3) is 3.40. The van der Waals surface area contributed by atoms with Gasteiger partial charge >= 0.3 is 0 Å². The molecule has 1 aromatic carbocycles. The SMILES string of the molecule is Cc1ccc(C(=O)CN2C[C@@H](C)O[C@H](C)C2)cc1. The Bertz CT molecular complexity index is 403. The number of ketones is 1. The summed E-state index contributed by atoms with van der Waals surface area (Å²) in [6, 6.07) is 7.78. The molecule has 0 N–H and O–H groups in total. The second kappa shape index (κ2) is 5.63. The van der Waals surface area contributed by atoms with Gasteiger partial charge in [0, 0.05) is 18.7 Å². The lowest BCUT2D eigenvalue weighted by Gasteiger charge is -2.34. The molecule has 2 atom stereocenters. The lowest BCUT2D eigenvalue weighted by Crippen LogP contribution is -2.47. The highest BCUT2D eigenvalue weighted by molar-refractivity contribution is 5.97. The number of aryl methyl sites for hydroxylation is 1. The molecule has 0 bridgehead atoms. The van der Waals surface area contributed by atoms with Crippen LogP contribution in [0, 0.1) is 6.92 Å². The summed E-state index contributed by atoms with van der Waals surface area (Å²) in [5.41, 5.74) is 1.98. The average molecular weight is 247 g/mol. The fraction of sp³-hybridized carbons (Fsp3) is 0.533. The van der Waals surface area contributed by atoms with Gasteiger partial charge in [0.2, 0.25) is 0 Å². The van der Waals surface area contributed by atoms with Gasteiger partial charge in [-0.2, -0.15) is 0 Å². The van der Waals surface area contributed by atoms with Crippen LogP contribution in [0.5, 0.6) is 0 Å². The zero-order valence-corrected chi connectivity index (χ0v) is 11.3. The molecule has 3 heteroatoms. The minimum atomic E-state index is 0.191. The van der Waals surface area contributed by atoms with E-state index in [9.17, 15) is 4.79 Å². The predicted octanol–water partition coefficient (Wildman–Crippen LogP) is 2.29. The Morgan fingerprint density at radius 2 is 1.78 bits per heavy atom. The van der Waals surface area contributed by atoms with Crippen molar-refractivity contribution in [3.05, 3.63) is 35.4 Å². The van der Waals surface area contributed by atoms with E-state index in [0.29, 0.717) is 6.54 Å². The van der Waals surface area contributed by atoms with Gasteiger partial charge in [-0.3, -0.25) is 9.69 Å². The molecule has 0 radical (unpaired) electrons. The zero-order chi connectivity index (χ0) is 13.1. The molecule has 1 aromatic rings. The molecule has 1 heterocycles. The summed E-state index contributed by atoms with van der Waals surface area (Å²) in [4.78, 5) is 14.3. The molecule has 1 saturated heterocycles. The van der Waals surface area contributed by atoms with Crippen molar-refractivity contribution in [2.45, 2.75) is 33.0 Å². The van der Waals surface area contributed by atoms with Crippen LogP contribution in [0.15, 0.2) is 24.3 Å². The van der Waals surface area contributed by atoms with Crippen LogP contribution in [0.3, 0.4) is 0 Å². The van der Waals surface area contributed by atoms with Crippen molar-refractivity contribution in [2.75, 3.05) is 19.6 Å². The lowest BCUT2D eigenvalue weighted by atomic mass is 10.1. The number of carbonyl (C=O) groups is 1. The molecule has 0 aliphatic carbocycles. The molecule has 1 fully saturated rings. The highest BCUT2D eigenvalue weighted by atomic mass is 16.5. The second-order valence-electron chi connectivity index (χ2n) is 5.24. The van der Waals surface area contributed by atoms with E-state index in [-0.39, 0.29) is 18.0 Å². The van der Waals surface area contributed by atoms with Crippen LogP contribution in [0.4, 0.5) is 0 Å². The van der Waals surface area contributed by atoms with Crippen LogP contribution in [-0.4, -0.2) is 42.5 Å². The van der Waals surface area contributed by atoms with E-state index < -0.39 is 0 Å². The van der Waals surface area contributed by atoms with Gasteiger partial charge in [-0.05, 0) is 20.8 Å². The summed E-state index contributed by atoms with van der Waals surface area (Å²) in [5, 5.41) is 0. The molecule has 18 heavy (non-hydrogen) atoms. The Morgan fingerprint density at radius 1 is 1.22 bits per heavy atom. The fourth-order valence-corrected chi connectivity index (χ4v) is 2.45. The Hall–Kier alpha value is -1.19. The number of carbonyl (C=O) groups excluding carboxylic acids is 1. The first-order valence-corrected chi connectivity index (χ1v) is 6.52. The van der Waals surface area contributed by atoms with Gasteiger partial charge < -0.3 is 4.74 Å². The van der Waals surface area contributed by atoms with Crippen LogP contribution in [0.25, 0.3) is 0 Å². The van der Waals surface area contributed by atoms with Crippen LogP contribution in [0.1, 0.15) is 29.8 Å². The molecule has 0 unspecified atom stereocenters. The third-order valence-corrected chi connectivity index (χ3v) is 3.24. The molecule has 1 aliphatic rings. The van der Waals surface area contributed by atoms with Gasteiger partial charge in [0.15, 0.2) is 5.78 Å². The maximum absolute atomic E-state index is 12.2. The van der Waals surface area contributed by atoms with E-state index in [1.807, 2.05) is 31.2 Å². The van der Waals surface area contributed by atoms with E-state index in [4.69, 9.17) is 4.74 Å². The Morgan fingerprint density at radius 3 is 2.33 bits per heavy atom. The van der Waals surface area contributed by atoms with E-state index in [2.05, 4.69) is 18.7 Å². The third-order valence-electron chi connectivity index (χ3n) is 3.24. The van der Waals surface area contributed by atoms with Gasteiger partial charge in [0.25, 0.3) is 0 Å². The van der Waals surface area contributed by atoms with E-state index in [0.717, 1.165) is 18.7 Å². The van der Waals surface area contributed by atoms with Crippen molar-refractivity contribution < 1.29 is 9.53 Å². The zero-order valence-electron chi connectivity index (χ0n) is 11.3. The fourth-order valence-electron chi connectivity index (χ4n) is 2.45. The maximum atomic E-state index is 12.2. The van der Waals surface area contributed by atoms with Gasteiger partial charge in [0.05, 0.1) is 18.8 Å². The van der Waals surface area contributed by atoms with Gasteiger partial charge in [-0.25, -0.2) is 0 Å². The van der Waals surface area contributed by atoms with Gasteiger partial charge in [-0.15, -0.1) is 0 Å². The predicted molar refractivity (Wildman–Crippen MR) is 72.0 cm³/mol. The monoisotopic (exact) mass is 247 g/mol. The molecule has 2 rings (SSSR count). The number of hydrogen-bond acceptors (Lipinski definition) is 3. The number of Topliss-reactive ketones (excluding diaryl/α,β-unsaturated/α-hetero) is 1. The van der Waals surface area contributed by atoms with Crippen LogP contribution in [0.2, 0.25) is 0 Å². The van der Waals surface area contributed by atoms with E-state index >= 15 is 0 Å². The normalized spacial score (nSPS) is 25.1. The molecular formula is C15H21NO2. The van der Waals surface area contributed by atoms with Crippen molar-refractivity contribution in [3.63, 3.8) is 0 Å². The smallest absolute Gasteiger partial charge is 0.176 e. The van der Waals surface area contributed by atoms with Gasteiger partial charge in [-0.1, -0.05) is 29.8 Å². The Labute approximate surface area is 109 Å². The van der Waals surface area contributed by atoms with Crippen LogP contribution in [-0.2, 0) is 4.74 Å². The number of rotatable bonds is 3. The summed E-state index contributed by atoms with van der Waals surface area (Å²) < 4.78 is 5.67. The summed E-state index contributed by atoms with van der Waals surface area (Å²) in [6.45, 7) is 8.29. The largest absolute Gasteiger partial charge is 0.373 e. The van der Waals surface area contributed by atoms with E-state index in [1.165, 1.54) is 5.56 Å². The quantitative estimate of drug-likeness (QED) is 0.767. The first-order valence-electron chi connectivity index (χ1n) is 6.52. The summed E-state index contributed by atoms with van der Waals surface area (Å²) in [6.07, 6.45) is 0.416. The van der Waals surface area contributed by atoms with Gasteiger partial charge in [0.1, 0.15) is 0 Å². The number of nitrogens with zero attached hydrogens (tertiary/aromatic N) is 1. The van der Waals surface area contributed by atoms with Crippen molar-refractivity contribution in [1.29, 1.82) is 0 Å². The standard InChI is InChI=1S/C15H21NO2/c1-11-4-6-14(7-5-11)15(17)10-16-8-12(2)18-13(3)9-16/h4-7,12-13H,8-10H2,1-3H3/t12-,13-/m1/s1. The van der Waals surface area contributed by atoms with E-state index in [1.54, 1.807) is 0 Å². The molecule has 0 spiro atoms. The van der Waals surface area contributed by atoms with Crippen molar-refractivity contribution in [3.8, 4) is 0 Å². The van der Waals surface area contributed by atoms with Crippen LogP contribution >= 0.6 is 0 Å². The molecular weight excluding hydrogens is 226 g/mol. The summed E-state index contributed by atoms with van der Waals surface area (Å²) in [5.74, 6) is 0.191. The topological polar surface area (TPSA) is 29.5 Å². The van der Waals surface area contributed by atoms with Crippen molar-refractivity contribution in [2.24, 2.45) is 0 Å². The highest BCUT2D eigenvalue weighted by Gasteiger charge is 2.23. The molecule has 1 aliphatic heterocycles. The van der Waals surface area contributed by atoms with Crippen molar-refractivity contribution >= 4 is 5.78 Å². The molecule has 98 valence electrons. The first-order chi connectivity index (χ1) is 8.54. The first kappa shape index (κ1) is 13.2. The molecule has 3 nitrogen and oxygen atoms in total. The van der Waals surface area contributed by atoms with Crippen molar-refractivity contribution in [1.82, 2.24) is 4.90 Å². The summed E-state index contributed by atoms with van der Waals surface area (Å²) in [7, 11) is 0. The Balaban J connectivity index is 1.96. The Kier molecular flexibility index (Phi) is 4.15. The molecule has 0 aromatic heterocycles. The lowest BCUT2D eigenvalue weighted by molar-refractivity contribution is -0.0652. The average Bonchev–Trinajstić information content (AvgIpc) is 2.28. The van der Waals surface area contributed by atoms with Crippen LogP contribution < -0.4 is 0 Å². The number of morpholine rings is 1. The number of ether oxygens (including phenoxy) is 1. The number of hydrogen-bond donors (Lipinski definition) is 0. The molecule has 0 saturated carbocycles. The minimum absolute atomic E-state index is 0.191. The maximum Gasteiger partial charge on any atom is 0.176 e. The second-order valence-corrected chi connectivity index (χ2v) is 5.24. The summed E-state index contributed by atoms with van der Waals surface area (Å²) >= 11 is 0. The minimum Gasteiger partial charge on any atom is -0.373 e. The number of benzene rings is 1.